The molecule has 0 atom stereocenters. The molecule has 0 heterocycles. The van der Waals surface area contributed by atoms with Crippen molar-refractivity contribution in [1.82, 2.24) is 0 Å². The van der Waals surface area contributed by atoms with Crippen molar-refractivity contribution in [1.29, 1.82) is 0 Å². The summed E-state index contributed by atoms with van der Waals surface area (Å²) >= 11 is 0. The van der Waals surface area contributed by atoms with Crippen molar-refractivity contribution < 1.29 is 38.4 Å². The first-order valence-corrected chi connectivity index (χ1v) is 12.6. The Labute approximate surface area is 195 Å². The van der Waals surface area contributed by atoms with Gasteiger partial charge < -0.3 is 9.79 Å². The van der Waals surface area contributed by atoms with Gasteiger partial charge in [0, 0.05) is 40.7 Å². The van der Waals surface area contributed by atoms with E-state index in [1.54, 1.807) is 97.1 Å². The summed E-state index contributed by atoms with van der Waals surface area (Å²) in [5.74, 6) is 0. The SMILES string of the molecule is O=P(O)(c1ccccc1)c1ccccc1.O=P(O)(c1ccccc1)c1ccccc1.[Zn]. The fourth-order valence-corrected chi connectivity index (χ4v) is 5.72. The van der Waals surface area contributed by atoms with Crippen LogP contribution in [0.1, 0.15) is 0 Å². The van der Waals surface area contributed by atoms with Crippen molar-refractivity contribution in [2.75, 3.05) is 0 Å². The van der Waals surface area contributed by atoms with Crippen molar-refractivity contribution in [3.63, 3.8) is 0 Å². The van der Waals surface area contributed by atoms with Gasteiger partial charge in [-0.15, -0.1) is 0 Å². The topological polar surface area (TPSA) is 74.6 Å². The van der Waals surface area contributed by atoms with E-state index in [0.717, 1.165) is 0 Å². The Hall–Kier alpha value is -2.12. The van der Waals surface area contributed by atoms with Crippen LogP contribution in [0.25, 0.3) is 0 Å². The van der Waals surface area contributed by atoms with Crippen molar-refractivity contribution in [3.8, 4) is 0 Å². The van der Waals surface area contributed by atoms with Gasteiger partial charge in [-0.3, -0.25) is 9.13 Å². The van der Waals surface area contributed by atoms with Crippen LogP contribution >= 0.6 is 14.7 Å². The normalized spacial score (nSPS) is 10.9. The van der Waals surface area contributed by atoms with Gasteiger partial charge in [0.25, 0.3) is 14.7 Å². The molecule has 4 rings (SSSR count). The molecule has 154 valence electrons. The number of rotatable bonds is 4. The molecule has 7 heteroatoms. The molecule has 0 saturated heterocycles. The van der Waals surface area contributed by atoms with Gasteiger partial charge in [-0.25, -0.2) is 0 Å². The maximum Gasteiger partial charge on any atom is 0.258 e. The number of hydrogen-bond acceptors (Lipinski definition) is 2. The van der Waals surface area contributed by atoms with Crippen LogP contribution in [0.2, 0.25) is 0 Å². The van der Waals surface area contributed by atoms with E-state index >= 15 is 0 Å². The third-order valence-corrected chi connectivity index (χ3v) is 8.42. The predicted octanol–water partition coefficient (Wildman–Crippen LogP) is 3.81. The van der Waals surface area contributed by atoms with Crippen molar-refractivity contribution >= 4 is 36.0 Å². The first-order chi connectivity index (χ1) is 14.4. The third-order valence-electron chi connectivity index (χ3n) is 4.42. The Kier molecular flexibility index (Phi) is 9.32. The summed E-state index contributed by atoms with van der Waals surface area (Å²) < 4.78 is 24.3. The van der Waals surface area contributed by atoms with E-state index in [4.69, 9.17) is 0 Å². The smallest absolute Gasteiger partial charge is 0.258 e. The van der Waals surface area contributed by atoms with Crippen molar-refractivity contribution in [2.24, 2.45) is 0 Å². The Morgan fingerprint density at radius 3 is 0.710 bits per heavy atom. The summed E-state index contributed by atoms with van der Waals surface area (Å²) in [5, 5.41) is 1.87. The molecule has 0 spiro atoms. The second-order valence-corrected chi connectivity index (χ2v) is 10.9. The van der Waals surface area contributed by atoms with Gasteiger partial charge in [-0.1, -0.05) is 72.8 Å². The largest absolute Gasteiger partial charge is 0.338 e. The molecule has 0 saturated carbocycles. The Bertz CT molecular complexity index is 973. The summed E-state index contributed by atoms with van der Waals surface area (Å²) in [7, 11) is -6.79. The minimum Gasteiger partial charge on any atom is -0.338 e. The molecular formula is C24H22O4P2Zn. The molecule has 0 bridgehead atoms. The Morgan fingerprint density at radius 1 is 0.387 bits per heavy atom. The molecule has 0 aliphatic heterocycles. The second kappa shape index (κ2) is 11.5. The van der Waals surface area contributed by atoms with Gasteiger partial charge in [-0.2, -0.15) is 0 Å². The monoisotopic (exact) mass is 500 g/mol. The summed E-state index contributed by atoms with van der Waals surface area (Å²) in [6.07, 6.45) is 0. The summed E-state index contributed by atoms with van der Waals surface area (Å²) in [5.41, 5.74) is 0. The van der Waals surface area contributed by atoms with E-state index in [9.17, 15) is 18.9 Å². The summed E-state index contributed by atoms with van der Waals surface area (Å²) in [6.45, 7) is 0. The first kappa shape index (κ1) is 25.1. The van der Waals surface area contributed by atoms with E-state index in [2.05, 4.69) is 0 Å². The average molecular weight is 502 g/mol. The van der Waals surface area contributed by atoms with Gasteiger partial charge in [0.15, 0.2) is 0 Å². The van der Waals surface area contributed by atoms with Gasteiger partial charge in [0.1, 0.15) is 0 Å². The molecule has 0 radical (unpaired) electrons. The number of benzene rings is 4. The van der Waals surface area contributed by atoms with Crippen LogP contribution in [0.5, 0.6) is 0 Å². The van der Waals surface area contributed by atoms with Crippen LogP contribution in [-0.4, -0.2) is 9.79 Å². The maximum atomic E-state index is 12.2. The van der Waals surface area contributed by atoms with Gasteiger partial charge in [0.05, 0.1) is 0 Å². The second-order valence-electron chi connectivity index (χ2n) is 6.49. The molecule has 2 N–H and O–H groups in total. The van der Waals surface area contributed by atoms with Crippen molar-refractivity contribution in [2.45, 2.75) is 0 Å². The molecule has 0 amide bonds. The molecule has 4 nitrogen and oxygen atoms in total. The summed E-state index contributed by atoms with van der Waals surface area (Å²) in [6, 6.07) is 34.8. The fraction of sp³-hybridized carbons (Fsp3) is 0. The first-order valence-electron chi connectivity index (χ1n) is 9.30. The molecule has 0 fully saturated rings. The third kappa shape index (κ3) is 6.43. The van der Waals surface area contributed by atoms with E-state index < -0.39 is 14.7 Å². The number of hydrogen-bond donors (Lipinski definition) is 2. The summed E-state index contributed by atoms with van der Waals surface area (Å²) in [4.78, 5) is 20.0. The van der Waals surface area contributed by atoms with Gasteiger partial charge >= 0.3 is 0 Å². The fourth-order valence-electron chi connectivity index (χ4n) is 2.82. The van der Waals surface area contributed by atoms with E-state index in [1.165, 1.54) is 0 Å². The molecule has 31 heavy (non-hydrogen) atoms. The predicted molar refractivity (Wildman–Crippen MR) is 124 cm³/mol. The van der Waals surface area contributed by atoms with Crippen LogP contribution in [0.15, 0.2) is 121 Å². The molecule has 4 aromatic carbocycles. The minimum atomic E-state index is -3.40. The molecule has 0 unspecified atom stereocenters. The standard InChI is InChI=1S/2C12H11O2P.Zn/c2*13-15(14,11-7-3-1-4-8-11)12-9-5-2-6-10-12;/h2*1-10H,(H,13,14);. The maximum absolute atomic E-state index is 12.2. The van der Waals surface area contributed by atoms with Crippen LogP contribution in [-0.2, 0) is 28.6 Å². The van der Waals surface area contributed by atoms with Gasteiger partial charge in [-0.05, 0) is 48.5 Å². The van der Waals surface area contributed by atoms with Crippen LogP contribution in [0, 0.1) is 0 Å². The van der Waals surface area contributed by atoms with Crippen LogP contribution in [0.4, 0.5) is 0 Å². The molecule has 0 aliphatic rings. The van der Waals surface area contributed by atoms with Gasteiger partial charge in [0.2, 0.25) is 0 Å². The zero-order valence-electron chi connectivity index (χ0n) is 16.9. The quantitative estimate of drug-likeness (QED) is 0.329. The molecule has 4 aromatic rings. The average Bonchev–Trinajstić information content (AvgIpc) is 2.82. The van der Waals surface area contributed by atoms with E-state index in [-0.39, 0.29) is 19.5 Å². The Morgan fingerprint density at radius 2 is 0.548 bits per heavy atom. The minimum absolute atomic E-state index is 0. The molecule has 0 aliphatic carbocycles. The zero-order chi connectivity index (χ0) is 21.5. The van der Waals surface area contributed by atoms with Crippen molar-refractivity contribution in [3.05, 3.63) is 121 Å². The molecular weight excluding hydrogens is 480 g/mol. The van der Waals surface area contributed by atoms with E-state index in [1.807, 2.05) is 24.3 Å². The molecule has 0 aromatic heterocycles. The zero-order valence-corrected chi connectivity index (χ0v) is 21.6. The van der Waals surface area contributed by atoms with Crippen LogP contribution in [0.3, 0.4) is 0 Å². The Balaban J connectivity index is 0.000000213. The van der Waals surface area contributed by atoms with E-state index in [0.29, 0.717) is 21.2 Å². The van der Waals surface area contributed by atoms with Crippen LogP contribution < -0.4 is 21.2 Å².